The molecular formula is C15H10BrFN2O2. The molecule has 0 heterocycles. The van der Waals surface area contributed by atoms with Crippen molar-refractivity contribution < 1.29 is 13.9 Å². The van der Waals surface area contributed by atoms with E-state index in [-0.39, 0.29) is 17.0 Å². The molecule has 0 aliphatic heterocycles. The second-order valence-corrected chi connectivity index (χ2v) is 4.96. The number of nitrogens with zero attached hydrogens (tertiary/aromatic N) is 1. The van der Waals surface area contributed by atoms with Gasteiger partial charge in [-0.3, -0.25) is 4.79 Å². The van der Waals surface area contributed by atoms with Crippen molar-refractivity contribution in [3.63, 3.8) is 0 Å². The van der Waals surface area contributed by atoms with E-state index in [1.54, 1.807) is 24.3 Å². The molecule has 0 aromatic heterocycles. The molecule has 0 unspecified atom stereocenters. The first-order chi connectivity index (χ1) is 10.1. The zero-order valence-corrected chi connectivity index (χ0v) is 12.4. The highest BCUT2D eigenvalue weighted by Crippen LogP contribution is 2.21. The molecular weight excluding hydrogens is 339 g/mol. The fourth-order valence-electron chi connectivity index (χ4n) is 1.58. The van der Waals surface area contributed by atoms with Gasteiger partial charge in [0.05, 0.1) is 16.1 Å². The van der Waals surface area contributed by atoms with Crippen LogP contribution in [0.3, 0.4) is 0 Å². The lowest BCUT2D eigenvalue weighted by molar-refractivity contribution is -0.118. The first-order valence-corrected chi connectivity index (χ1v) is 6.75. The molecule has 1 amide bonds. The van der Waals surface area contributed by atoms with Crippen LogP contribution in [0.5, 0.6) is 5.75 Å². The maximum atomic E-state index is 13.0. The van der Waals surface area contributed by atoms with Crippen molar-refractivity contribution in [1.29, 1.82) is 5.26 Å². The number of hydrogen-bond donors (Lipinski definition) is 1. The summed E-state index contributed by atoms with van der Waals surface area (Å²) in [5, 5.41) is 11.4. The second kappa shape index (κ2) is 6.86. The van der Waals surface area contributed by atoms with Gasteiger partial charge in [-0.2, -0.15) is 5.26 Å². The van der Waals surface area contributed by atoms with Crippen molar-refractivity contribution in [1.82, 2.24) is 0 Å². The highest BCUT2D eigenvalue weighted by molar-refractivity contribution is 9.10. The molecule has 6 heteroatoms. The van der Waals surface area contributed by atoms with Crippen molar-refractivity contribution in [3.8, 4) is 11.8 Å². The van der Waals surface area contributed by atoms with Crippen LogP contribution in [0.15, 0.2) is 46.9 Å². The third kappa shape index (κ3) is 4.29. The van der Waals surface area contributed by atoms with Crippen LogP contribution in [0, 0.1) is 17.1 Å². The predicted molar refractivity (Wildman–Crippen MR) is 79.4 cm³/mol. The largest absolute Gasteiger partial charge is 0.484 e. The standard InChI is InChI=1S/C15H10BrFN2O2/c16-13-7-12(4-5-14(13)17)21-9-15(20)19-11-3-1-2-10(6-11)8-18/h1-7H,9H2,(H,19,20). The summed E-state index contributed by atoms with van der Waals surface area (Å²) in [6.45, 7) is -0.213. The normalized spacial score (nSPS) is 9.76. The summed E-state index contributed by atoms with van der Waals surface area (Å²) in [6, 6.07) is 12.7. The Morgan fingerprint density at radius 2 is 2.14 bits per heavy atom. The van der Waals surface area contributed by atoms with Gasteiger partial charge in [0.15, 0.2) is 6.61 Å². The maximum absolute atomic E-state index is 13.0. The summed E-state index contributed by atoms with van der Waals surface area (Å²) >= 11 is 3.04. The SMILES string of the molecule is N#Cc1cccc(NC(=O)COc2ccc(F)c(Br)c2)c1. The highest BCUT2D eigenvalue weighted by atomic mass is 79.9. The molecule has 21 heavy (non-hydrogen) atoms. The average molecular weight is 349 g/mol. The molecule has 0 radical (unpaired) electrons. The fourth-order valence-corrected chi connectivity index (χ4v) is 1.94. The molecule has 2 aromatic carbocycles. The van der Waals surface area contributed by atoms with Crippen LogP contribution < -0.4 is 10.1 Å². The molecule has 2 rings (SSSR count). The van der Waals surface area contributed by atoms with Gasteiger partial charge in [-0.05, 0) is 52.3 Å². The minimum atomic E-state index is -0.403. The summed E-state index contributed by atoms with van der Waals surface area (Å²) in [5.74, 6) is -0.394. The quantitative estimate of drug-likeness (QED) is 0.919. The van der Waals surface area contributed by atoms with Gasteiger partial charge in [0.2, 0.25) is 0 Å². The van der Waals surface area contributed by atoms with Crippen LogP contribution in [0.4, 0.5) is 10.1 Å². The van der Waals surface area contributed by atoms with E-state index in [0.717, 1.165) is 0 Å². The van der Waals surface area contributed by atoms with E-state index in [0.29, 0.717) is 17.0 Å². The Balaban J connectivity index is 1.92. The van der Waals surface area contributed by atoms with Crippen LogP contribution in [0.25, 0.3) is 0 Å². The molecule has 0 aliphatic rings. The van der Waals surface area contributed by atoms with Gasteiger partial charge in [-0.1, -0.05) is 6.07 Å². The molecule has 0 aliphatic carbocycles. The summed E-state index contributed by atoms with van der Waals surface area (Å²) in [7, 11) is 0. The van der Waals surface area contributed by atoms with Crippen molar-refractivity contribution in [2.45, 2.75) is 0 Å². The minimum Gasteiger partial charge on any atom is -0.484 e. The summed E-state index contributed by atoms with van der Waals surface area (Å²) < 4.78 is 18.6. The van der Waals surface area contributed by atoms with E-state index >= 15 is 0 Å². The van der Waals surface area contributed by atoms with Crippen LogP contribution in [0.2, 0.25) is 0 Å². The molecule has 0 saturated carbocycles. The van der Waals surface area contributed by atoms with E-state index in [2.05, 4.69) is 21.2 Å². The summed E-state index contributed by atoms with van der Waals surface area (Å²) in [6.07, 6.45) is 0. The van der Waals surface area contributed by atoms with E-state index in [9.17, 15) is 9.18 Å². The molecule has 0 atom stereocenters. The van der Waals surface area contributed by atoms with Gasteiger partial charge in [0, 0.05) is 5.69 Å². The first-order valence-electron chi connectivity index (χ1n) is 5.96. The Morgan fingerprint density at radius 1 is 1.33 bits per heavy atom. The number of carbonyl (C=O) groups excluding carboxylic acids is 1. The van der Waals surface area contributed by atoms with Crippen LogP contribution in [0.1, 0.15) is 5.56 Å². The Kier molecular flexibility index (Phi) is 4.90. The number of rotatable bonds is 4. The number of anilines is 1. The summed E-state index contributed by atoms with van der Waals surface area (Å²) in [4.78, 5) is 11.7. The van der Waals surface area contributed by atoms with Gasteiger partial charge < -0.3 is 10.1 Å². The third-order valence-electron chi connectivity index (χ3n) is 2.54. The smallest absolute Gasteiger partial charge is 0.262 e. The number of carbonyl (C=O) groups is 1. The number of nitrogens with one attached hydrogen (secondary N) is 1. The molecule has 106 valence electrons. The number of benzene rings is 2. The second-order valence-electron chi connectivity index (χ2n) is 4.11. The van der Waals surface area contributed by atoms with E-state index in [1.165, 1.54) is 18.2 Å². The molecule has 2 aromatic rings. The van der Waals surface area contributed by atoms with Crippen molar-refractivity contribution >= 4 is 27.5 Å². The monoisotopic (exact) mass is 348 g/mol. The number of nitriles is 1. The highest BCUT2D eigenvalue weighted by Gasteiger charge is 2.06. The number of ether oxygens (including phenoxy) is 1. The third-order valence-corrected chi connectivity index (χ3v) is 3.14. The van der Waals surface area contributed by atoms with Crippen molar-refractivity contribution in [2.75, 3.05) is 11.9 Å². The fraction of sp³-hybridized carbons (Fsp3) is 0.0667. The van der Waals surface area contributed by atoms with Crippen LogP contribution in [-0.2, 0) is 4.79 Å². The lowest BCUT2D eigenvalue weighted by atomic mass is 10.2. The van der Waals surface area contributed by atoms with E-state index in [4.69, 9.17) is 10.00 Å². The molecule has 1 N–H and O–H groups in total. The Morgan fingerprint density at radius 3 is 2.86 bits per heavy atom. The number of amides is 1. The predicted octanol–water partition coefficient (Wildman–Crippen LogP) is 3.48. The molecule has 0 bridgehead atoms. The molecule has 4 nitrogen and oxygen atoms in total. The maximum Gasteiger partial charge on any atom is 0.262 e. The van der Waals surface area contributed by atoms with Gasteiger partial charge in [-0.25, -0.2) is 4.39 Å². The van der Waals surface area contributed by atoms with Crippen LogP contribution in [-0.4, -0.2) is 12.5 Å². The van der Waals surface area contributed by atoms with Gasteiger partial charge in [0.1, 0.15) is 11.6 Å². The lowest BCUT2D eigenvalue weighted by Gasteiger charge is -2.08. The number of halogens is 2. The van der Waals surface area contributed by atoms with E-state index in [1.807, 2.05) is 6.07 Å². The van der Waals surface area contributed by atoms with E-state index < -0.39 is 5.82 Å². The zero-order valence-electron chi connectivity index (χ0n) is 10.8. The molecule has 0 saturated heterocycles. The lowest BCUT2D eigenvalue weighted by Crippen LogP contribution is -2.20. The first kappa shape index (κ1) is 15.0. The van der Waals surface area contributed by atoms with Gasteiger partial charge in [0.25, 0.3) is 5.91 Å². The minimum absolute atomic E-state index is 0.213. The molecule has 0 spiro atoms. The Labute approximate surface area is 129 Å². The summed E-state index contributed by atoms with van der Waals surface area (Å²) in [5.41, 5.74) is 0.971. The van der Waals surface area contributed by atoms with Crippen molar-refractivity contribution in [3.05, 3.63) is 58.3 Å². The van der Waals surface area contributed by atoms with Crippen molar-refractivity contribution in [2.24, 2.45) is 0 Å². The number of hydrogen-bond acceptors (Lipinski definition) is 3. The molecule has 0 fully saturated rings. The van der Waals surface area contributed by atoms with Crippen LogP contribution >= 0.6 is 15.9 Å². The average Bonchev–Trinajstić information content (AvgIpc) is 2.48. The van der Waals surface area contributed by atoms with Gasteiger partial charge in [-0.15, -0.1) is 0 Å². The Bertz CT molecular complexity index is 713. The van der Waals surface area contributed by atoms with Gasteiger partial charge >= 0.3 is 0 Å². The topological polar surface area (TPSA) is 62.1 Å². The zero-order chi connectivity index (χ0) is 15.2. The Hall–Kier alpha value is -2.39.